The van der Waals surface area contributed by atoms with Crippen LogP contribution in [-0.2, 0) is 0 Å². The molecular formula is C12H19N3. The number of nitrogens with zero attached hydrogens (tertiary/aromatic N) is 3. The summed E-state index contributed by atoms with van der Waals surface area (Å²) in [5.74, 6) is 1.08. The molecule has 1 aromatic heterocycles. The predicted molar refractivity (Wildman–Crippen MR) is 64.3 cm³/mol. The number of fused-ring (bicyclic) bond motifs is 1. The lowest BCUT2D eigenvalue weighted by Crippen LogP contribution is -2.49. The lowest BCUT2D eigenvalue weighted by molar-refractivity contribution is 0.464. The van der Waals surface area contributed by atoms with Gasteiger partial charge in [0.2, 0.25) is 0 Å². The Morgan fingerprint density at radius 3 is 2.60 bits per heavy atom. The molecule has 15 heavy (non-hydrogen) atoms. The van der Waals surface area contributed by atoms with Gasteiger partial charge in [0, 0.05) is 18.8 Å². The summed E-state index contributed by atoms with van der Waals surface area (Å²) in [6.45, 7) is 8.92. The molecule has 82 valence electrons. The van der Waals surface area contributed by atoms with Gasteiger partial charge in [0.15, 0.2) is 5.82 Å². The third kappa shape index (κ3) is 1.46. The highest BCUT2D eigenvalue weighted by atomic mass is 15.4. The van der Waals surface area contributed by atoms with Gasteiger partial charge in [-0.2, -0.15) is 0 Å². The van der Waals surface area contributed by atoms with Crippen LogP contribution < -0.4 is 9.80 Å². The van der Waals surface area contributed by atoms with Crippen LogP contribution in [0.1, 0.15) is 27.7 Å². The molecule has 0 radical (unpaired) electrons. The molecule has 1 aromatic rings. The van der Waals surface area contributed by atoms with Crippen molar-refractivity contribution in [1.82, 2.24) is 4.98 Å². The molecule has 1 atom stereocenters. The molecule has 2 rings (SSSR count). The molecule has 1 aliphatic heterocycles. The van der Waals surface area contributed by atoms with Crippen LogP contribution in [0, 0.1) is 0 Å². The van der Waals surface area contributed by atoms with Gasteiger partial charge in [-0.1, -0.05) is 0 Å². The minimum absolute atomic E-state index is 0.127. The summed E-state index contributed by atoms with van der Waals surface area (Å²) in [6, 6.07) is 4.15. The number of rotatable bonds is 0. The number of aromatic nitrogens is 1. The molecule has 0 aliphatic carbocycles. The van der Waals surface area contributed by atoms with E-state index in [9.17, 15) is 0 Å². The maximum absolute atomic E-state index is 4.44. The highest BCUT2D eigenvalue weighted by Gasteiger charge is 2.37. The fourth-order valence-corrected chi connectivity index (χ4v) is 2.32. The zero-order valence-corrected chi connectivity index (χ0v) is 10.2. The zero-order chi connectivity index (χ0) is 11.2. The van der Waals surface area contributed by atoms with Gasteiger partial charge in [-0.3, -0.25) is 0 Å². The first-order valence-electron chi connectivity index (χ1n) is 5.40. The molecule has 3 heteroatoms. The van der Waals surface area contributed by atoms with Crippen LogP contribution in [0.3, 0.4) is 0 Å². The average Bonchev–Trinajstić information content (AvgIpc) is 2.39. The molecule has 0 amide bonds. The topological polar surface area (TPSA) is 19.4 Å². The van der Waals surface area contributed by atoms with Crippen molar-refractivity contribution in [3.05, 3.63) is 18.3 Å². The van der Waals surface area contributed by atoms with Crippen LogP contribution in [0.5, 0.6) is 0 Å². The van der Waals surface area contributed by atoms with Crippen molar-refractivity contribution >= 4 is 11.5 Å². The third-order valence-electron chi connectivity index (χ3n) is 3.02. The van der Waals surface area contributed by atoms with E-state index in [1.54, 1.807) is 0 Å². The van der Waals surface area contributed by atoms with Gasteiger partial charge in [-0.05, 0) is 39.8 Å². The highest BCUT2D eigenvalue weighted by molar-refractivity contribution is 5.74. The van der Waals surface area contributed by atoms with Gasteiger partial charge < -0.3 is 9.80 Å². The summed E-state index contributed by atoms with van der Waals surface area (Å²) >= 11 is 0. The lowest BCUT2D eigenvalue weighted by atomic mass is 10.1. The first-order valence-corrected chi connectivity index (χ1v) is 5.40. The van der Waals surface area contributed by atoms with E-state index in [2.05, 4.69) is 55.6 Å². The van der Waals surface area contributed by atoms with E-state index < -0.39 is 0 Å². The Morgan fingerprint density at radius 1 is 1.33 bits per heavy atom. The molecule has 1 aliphatic rings. The van der Waals surface area contributed by atoms with Crippen LogP contribution in [0.4, 0.5) is 11.5 Å². The number of hydrogen-bond donors (Lipinski definition) is 0. The first-order chi connectivity index (χ1) is 6.93. The fraction of sp³-hybridized carbons (Fsp3) is 0.583. The van der Waals surface area contributed by atoms with Crippen LogP contribution in [0.2, 0.25) is 0 Å². The van der Waals surface area contributed by atoms with Crippen molar-refractivity contribution in [2.24, 2.45) is 0 Å². The number of pyridine rings is 1. The van der Waals surface area contributed by atoms with Crippen molar-refractivity contribution in [2.45, 2.75) is 39.4 Å². The van der Waals surface area contributed by atoms with Gasteiger partial charge in [0.25, 0.3) is 0 Å². The van der Waals surface area contributed by atoms with E-state index >= 15 is 0 Å². The quantitative estimate of drug-likeness (QED) is 0.648. The van der Waals surface area contributed by atoms with Crippen molar-refractivity contribution in [3.8, 4) is 0 Å². The second-order valence-corrected chi connectivity index (χ2v) is 5.13. The number of anilines is 2. The molecule has 0 saturated heterocycles. The second-order valence-electron chi connectivity index (χ2n) is 5.13. The maximum atomic E-state index is 4.44. The van der Waals surface area contributed by atoms with Crippen molar-refractivity contribution in [3.63, 3.8) is 0 Å². The predicted octanol–water partition coefficient (Wildman–Crippen LogP) is 2.48. The van der Waals surface area contributed by atoms with E-state index in [0.29, 0.717) is 6.17 Å². The van der Waals surface area contributed by atoms with Crippen LogP contribution >= 0.6 is 0 Å². The van der Waals surface area contributed by atoms with Crippen molar-refractivity contribution in [2.75, 3.05) is 16.8 Å². The Labute approximate surface area is 91.7 Å². The molecule has 0 saturated carbocycles. The van der Waals surface area contributed by atoms with Crippen LogP contribution in [-0.4, -0.2) is 23.7 Å². The minimum atomic E-state index is 0.127. The average molecular weight is 205 g/mol. The Kier molecular flexibility index (Phi) is 2.14. The Morgan fingerprint density at radius 2 is 2.00 bits per heavy atom. The zero-order valence-electron chi connectivity index (χ0n) is 10.2. The SMILES string of the molecule is CC1N(C)c2ncccc2N1C(C)(C)C. The van der Waals surface area contributed by atoms with Crippen LogP contribution in [0.25, 0.3) is 0 Å². The largest absolute Gasteiger partial charge is 0.344 e. The second kappa shape index (κ2) is 3.12. The third-order valence-corrected chi connectivity index (χ3v) is 3.02. The van der Waals surface area contributed by atoms with Gasteiger partial charge >= 0.3 is 0 Å². The summed E-state index contributed by atoms with van der Waals surface area (Å²) < 4.78 is 0. The van der Waals surface area contributed by atoms with Crippen molar-refractivity contribution in [1.29, 1.82) is 0 Å². The molecule has 2 heterocycles. The van der Waals surface area contributed by atoms with E-state index in [1.807, 2.05) is 12.3 Å². The van der Waals surface area contributed by atoms with Crippen LogP contribution in [0.15, 0.2) is 18.3 Å². The first kappa shape index (κ1) is 10.3. The minimum Gasteiger partial charge on any atom is -0.344 e. The summed E-state index contributed by atoms with van der Waals surface area (Å²) in [7, 11) is 2.10. The Balaban J connectivity index is 2.52. The van der Waals surface area contributed by atoms with E-state index in [4.69, 9.17) is 0 Å². The number of hydrogen-bond acceptors (Lipinski definition) is 3. The fourth-order valence-electron chi connectivity index (χ4n) is 2.32. The normalized spacial score (nSPS) is 20.7. The van der Waals surface area contributed by atoms with E-state index in [0.717, 1.165) is 5.82 Å². The molecule has 0 N–H and O–H groups in total. The van der Waals surface area contributed by atoms with Gasteiger partial charge in [-0.25, -0.2) is 4.98 Å². The van der Waals surface area contributed by atoms with Gasteiger partial charge in [0.05, 0.1) is 5.69 Å². The van der Waals surface area contributed by atoms with E-state index in [-0.39, 0.29) is 5.54 Å². The molecule has 0 aromatic carbocycles. The highest BCUT2D eigenvalue weighted by Crippen LogP contribution is 2.40. The monoisotopic (exact) mass is 205 g/mol. The molecular weight excluding hydrogens is 186 g/mol. The molecule has 0 fully saturated rings. The maximum Gasteiger partial charge on any atom is 0.153 e. The summed E-state index contributed by atoms with van der Waals surface area (Å²) in [4.78, 5) is 9.07. The van der Waals surface area contributed by atoms with Crippen molar-refractivity contribution < 1.29 is 0 Å². The smallest absolute Gasteiger partial charge is 0.153 e. The van der Waals surface area contributed by atoms with Gasteiger partial charge in [-0.15, -0.1) is 0 Å². The molecule has 0 spiro atoms. The molecule has 3 nitrogen and oxygen atoms in total. The summed E-state index contributed by atoms with van der Waals surface area (Å²) in [5, 5.41) is 0. The lowest BCUT2D eigenvalue weighted by Gasteiger charge is -2.38. The van der Waals surface area contributed by atoms with E-state index in [1.165, 1.54) is 5.69 Å². The van der Waals surface area contributed by atoms with Gasteiger partial charge in [0.1, 0.15) is 6.17 Å². The Bertz CT molecular complexity index is 367. The molecule has 0 bridgehead atoms. The summed E-state index contributed by atoms with van der Waals surface area (Å²) in [6.07, 6.45) is 2.23. The standard InChI is InChI=1S/C12H19N3/c1-9-14(5)11-10(7-6-8-13-11)15(9)12(2,3)4/h6-9H,1-5H3. The summed E-state index contributed by atoms with van der Waals surface area (Å²) in [5.41, 5.74) is 1.36. The molecule has 1 unspecified atom stereocenters. The Hall–Kier alpha value is -1.25.